The predicted molar refractivity (Wildman–Crippen MR) is 36.7 cm³/mol. The third-order valence-electron chi connectivity index (χ3n) is 0.268. The van der Waals surface area contributed by atoms with E-state index in [1.807, 2.05) is 0 Å². The maximum Gasteiger partial charge on any atom is 0.505 e. The van der Waals surface area contributed by atoms with E-state index in [4.69, 9.17) is 5.11 Å². The molecule has 3 nitrogen and oxygen atoms in total. The second kappa shape index (κ2) is 10.7. The van der Waals surface area contributed by atoms with Crippen LogP contribution in [0.4, 0.5) is 4.79 Å². The van der Waals surface area contributed by atoms with Crippen LogP contribution in [-0.4, -0.2) is 64.0 Å². The molecule has 0 amide bonds. The van der Waals surface area contributed by atoms with E-state index in [0.717, 1.165) is 0 Å². The molecule has 0 aliphatic carbocycles. The lowest BCUT2D eigenvalue weighted by molar-refractivity contribution is 0.0966. The molecule has 0 aromatic heterocycles. The molecule has 0 bridgehead atoms. The van der Waals surface area contributed by atoms with Crippen molar-refractivity contribution in [2.75, 3.05) is 6.61 Å². The molecule has 0 unspecified atom stereocenters. The number of carboxylic acid groups (broad SMARTS) is 1. The summed E-state index contributed by atoms with van der Waals surface area (Å²) in [6.45, 7) is 1.85. The van der Waals surface area contributed by atoms with Gasteiger partial charge in [-0.2, -0.15) is 0 Å². The van der Waals surface area contributed by atoms with Crippen molar-refractivity contribution in [3.8, 4) is 0 Å². The van der Waals surface area contributed by atoms with E-state index >= 15 is 0 Å². The van der Waals surface area contributed by atoms with Gasteiger partial charge in [0, 0.05) is 0 Å². The molecule has 5 heteroatoms. The second-order valence-corrected chi connectivity index (χ2v) is 0.699. The quantitative estimate of drug-likeness (QED) is 0.373. The van der Waals surface area contributed by atoms with Crippen LogP contribution in [0.1, 0.15) is 6.92 Å². The summed E-state index contributed by atoms with van der Waals surface area (Å²) < 4.78 is 3.96. The molecule has 0 rings (SSSR count). The molecule has 0 aromatic rings. The fourth-order valence-corrected chi connectivity index (χ4v) is 0.123. The minimum Gasteiger partial charge on any atom is -0.450 e. The normalized spacial score (nSPS) is 5.62. The van der Waals surface area contributed by atoms with E-state index in [9.17, 15) is 4.79 Å². The molecular weight excluding hydrogens is 133 g/mol. The molecule has 0 atom stereocenters. The SMILES string of the molecule is CCOC(=O)O.[MgH2].[MgH2]. The van der Waals surface area contributed by atoms with Crippen molar-refractivity contribution in [1.29, 1.82) is 0 Å². The zero-order valence-electron chi connectivity index (χ0n) is 3.47. The van der Waals surface area contributed by atoms with Crippen molar-refractivity contribution in [2.45, 2.75) is 6.92 Å². The first-order valence-corrected chi connectivity index (χ1v) is 1.63. The van der Waals surface area contributed by atoms with Crippen LogP contribution in [0.2, 0.25) is 0 Å². The van der Waals surface area contributed by atoms with Crippen LogP contribution in [0.25, 0.3) is 0 Å². The van der Waals surface area contributed by atoms with Crippen molar-refractivity contribution in [1.82, 2.24) is 0 Å². The zero-order chi connectivity index (χ0) is 4.99. The topological polar surface area (TPSA) is 46.5 Å². The van der Waals surface area contributed by atoms with Crippen molar-refractivity contribution >= 4 is 52.3 Å². The number of ether oxygens (including phenoxy) is 1. The zero-order valence-corrected chi connectivity index (χ0v) is 3.47. The van der Waals surface area contributed by atoms with E-state index < -0.39 is 6.16 Å². The third-order valence-corrected chi connectivity index (χ3v) is 0.268. The van der Waals surface area contributed by atoms with Gasteiger partial charge in [-0.05, 0) is 6.92 Å². The summed E-state index contributed by atoms with van der Waals surface area (Å²) >= 11 is 0. The van der Waals surface area contributed by atoms with Crippen LogP contribution < -0.4 is 0 Å². The number of hydrogen-bond donors (Lipinski definition) is 1. The van der Waals surface area contributed by atoms with Crippen molar-refractivity contribution in [3.63, 3.8) is 0 Å². The third kappa shape index (κ3) is 15.8. The van der Waals surface area contributed by atoms with E-state index in [1.165, 1.54) is 0 Å². The van der Waals surface area contributed by atoms with Crippen LogP contribution in [0.5, 0.6) is 0 Å². The van der Waals surface area contributed by atoms with Crippen LogP contribution in [0, 0.1) is 0 Å². The molecule has 0 saturated heterocycles. The Bertz CT molecular complexity index is 56.5. The average molecular weight is 143 g/mol. The first kappa shape index (κ1) is 15.9. The fourth-order valence-electron chi connectivity index (χ4n) is 0.123. The van der Waals surface area contributed by atoms with Gasteiger partial charge >= 0.3 is 52.3 Å². The van der Waals surface area contributed by atoms with E-state index in [1.54, 1.807) is 6.92 Å². The van der Waals surface area contributed by atoms with E-state index in [2.05, 4.69) is 4.74 Å². The standard InChI is InChI=1S/C3H6O3.2Mg.4H/c1-2-6-3(4)5;;;;;;/h2H2,1H3,(H,4,5);;;;;;. The van der Waals surface area contributed by atoms with Crippen LogP contribution in [0.3, 0.4) is 0 Å². The first-order chi connectivity index (χ1) is 2.77. The molecule has 0 heterocycles. The number of hydrogen-bond acceptors (Lipinski definition) is 2. The van der Waals surface area contributed by atoms with E-state index in [0.29, 0.717) is 0 Å². The summed E-state index contributed by atoms with van der Waals surface area (Å²) in [5.41, 5.74) is 0. The Morgan fingerprint density at radius 2 is 2.00 bits per heavy atom. The minimum atomic E-state index is -1.21. The highest BCUT2D eigenvalue weighted by atomic mass is 24.3. The molecule has 0 fully saturated rings. The Hall–Kier alpha value is 0.802. The fraction of sp³-hybridized carbons (Fsp3) is 0.667. The van der Waals surface area contributed by atoms with Gasteiger partial charge in [0.05, 0.1) is 6.61 Å². The monoisotopic (exact) mass is 142 g/mol. The van der Waals surface area contributed by atoms with Crippen LogP contribution >= 0.6 is 0 Å². The van der Waals surface area contributed by atoms with Gasteiger partial charge in [0.25, 0.3) is 0 Å². The summed E-state index contributed by atoms with van der Waals surface area (Å²) in [5, 5.41) is 7.69. The maximum atomic E-state index is 9.38. The summed E-state index contributed by atoms with van der Waals surface area (Å²) in [6.07, 6.45) is -1.21. The van der Waals surface area contributed by atoms with Crippen molar-refractivity contribution in [3.05, 3.63) is 0 Å². The van der Waals surface area contributed by atoms with Crippen molar-refractivity contribution < 1.29 is 14.6 Å². The Balaban J connectivity index is -0.000000125. The summed E-state index contributed by atoms with van der Waals surface area (Å²) in [4.78, 5) is 9.38. The molecule has 44 valence electrons. The lowest BCUT2D eigenvalue weighted by Gasteiger charge is -1.87. The minimum absolute atomic E-state index is 0. The van der Waals surface area contributed by atoms with Gasteiger partial charge in [-0.15, -0.1) is 0 Å². The van der Waals surface area contributed by atoms with Gasteiger partial charge in [0.2, 0.25) is 0 Å². The summed E-state index contributed by atoms with van der Waals surface area (Å²) in [7, 11) is 0. The maximum absolute atomic E-state index is 9.38. The largest absolute Gasteiger partial charge is 0.505 e. The van der Waals surface area contributed by atoms with Crippen LogP contribution in [0.15, 0.2) is 0 Å². The van der Waals surface area contributed by atoms with Gasteiger partial charge in [-0.1, -0.05) is 0 Å². The summed E-state index contributed by atoms with van der Waals surface area (Å²) in [6, 6.07) is 0. The molecule has 1 N–H and O–H groups in total. The molecule has 0 aliphatic heterocycles. The van der Waals surface area contributed by atoms with E-state index in [-0.39, 0.29) is 52.7 Å². The Morgan fingerprint density at radius 1 is 1.62 bits per heavy atom. The highest BCUT2D eigenvalue weighted by Crippen LogP contribution is 1.69. The first-order valence-electron chi connectivity index (χ1n) is 1.63. The molecule has 0 aromatic carbocycles. The highest BCUT2D eigenvalue weighted by molar-refractivity contribution is 5.76. The molecule has 0 spiro atoms. The van der Waals surface area contributed by atoms with Gasteiger partial charge in [-0.25, -0.2) is 4.79 Å². The second-order valence-electron chi connectivity index (χ2n) is 0.699. The smallest absolute Gasteiger partial charge is 0.450 e. The molecule has 0 aliphatic rings. The summed E-state index contributed by atoms with van der Waals surface area (Å²) in [5.74, 6) is 0. The number of carbonyl (C=O) groups is 1. The van der Waals surface area contributed by atoms with Gasteiger partial charge in [0.1, 0.15) is 0 Å². The lowest BCUT2D eigenvalue weighted by atomic mass is 10.9. The Morgan fingerprint density at radius 3 is 2.00 bits per heavy atom. The Kier molecular flexibility index (Phi) is 21.3. The molecule has 8 heavy (non-hydrogen) atoms. The molecular formula is C3H10Mg2O3. The molecule has 0 radical (unpaired) electrons. The highest BCUT2D eigenvalue weighted by Gasteiger charge is 1.86. The lowest BCUT2D eigenvalue weighted by Crippen LogP contribution is -1.97. The van der Waals surface area contributed by atoms with Crippen LogP contribution in [-0.2, 0) is 4.74 Å². The predicted octanol–water partition coefficient (Wildman–Crippen LogP) is -1.13. The van der Waals surface area contributed by atoms with Gasteiger partial charge in [-0.3, -0.25) is 0 Å². The number of rotatable bonds is 1. The average Bonchev–Trinajstić information content (AvgIpc) is 1.35. The van der Waals surface area contributed by atoms with Gasteiger partial charge in [0.15, 0.2) is 0 Å². The molecule has 0 saturated carbocycles. The van der Waals surface area contributed by atoms with Crippen molar-refractivity contribution in [2.24, 2.45) is 0 Å². The Labute approximate surface area is 80.1 Å². The van der Waals surface area contributed by atoms with Gasteiger partial charge < -0.3 is 9.84 Å².